The zero-order valence-electron chi connectivity index (χ0n) is 15.4. The highest BCUT2D eigenvalue weighted by Crippen LogP contribution is 2.37. The van der Waals surface area contributed by atoms with Crippen LogP contribution in [0.3, 0.4) is 0 Å². The van der Waals surface area contributed by atoms with Crippen molar-refractivity contribution in [1.82, 2.24) is 10.2 Å². The van der Waals surface area contributed by atoms with Gasteiger partial charge in [0.25, 0.3) is 0 Å². The van der Waals surface area contributed by atoms with Gasteiger partial charge in [0, 0.05) is 30.9 Å². The van der Waals surface area contributed by atoms with Crippen molar-refractivity contribution in [3.63, 3.8) is 0 Å². The van der Waals surface area contributed by atoms with Gasteiger partial charge >= 0.3 is 6.03 Å². The molecule has 1 aromatic carbocycles. The lowest BCUT2D eigenvalue weighted by molar-refractivity contribution is -0.0363. The largest absolute Gasteiger partial charge is 0.497 e. The molecule has 138 valence electrons. The summed E-state index contributed by atoms with van der Waals surface area (Å²) < 4.78 is 11.5. The molecular formula is C19H29N3O3. The predicted octanol–water partition coefficient (Wildman–Crippen LogP) is 2.85. The average molecular weight is 347 g/mol. The summed E-state index contributed by atoms with van der Waals surface area (Å²) in [6, 6.07) is 8.48. The van der Waals surface area contributed by atoms with Gasteiger partial charge in [-0.2, -0.15) is 0 Å². The summed E-state index contributed by atoms with van der Waals surface area (Å²) in [6.45, 7) is 6.18. The molecule has 1 aromatic rings. The Balaban J connectivity index is 1.52. The fourth-order valence-corrected chi connectivity index (χ4v) is 3.69. The molecule has 0 unspecified atom stereocenters. The van der Waals surface area contributed by atoms with Gasteiger partial charge in [-0.05, 0) is 45.2 Å². The summed E-state index contributed by atoms with van der Waals surface area (Å²) in [7, 11) is 1.68. The van der Waals surface area contributed by atoms with E-state index in [1.54, 1.807) is 7.11 Å². The number of likely N-dealkylation sites (tertiary alicyclic amines) is 1. The number of hydrogen-bond donors (Lipinski definition) is 2. The lowest BCUT2D eigenvalue weighted by Crippen LogP contribution is -2.51. The third-order valence-corrected chi connectivity index (χ3v) is 5.02. The number of benzene rings is 1. The number of carbonyl (C=O) groups is 1. The number of nitrogens with zero attached hydrogens (tertiary/aromatic N) is 1. The maximum Gasteiger partial charge on any atom is 0.317 e. The number of nitrogens with one attached hydrogen (secondary N) is 2. The Morgan fingerprint density at radius 2 is 2.12 bits per heavy atom. The molecule has 2 aliphatic heterocycles. The Kier molecular flexibility index (Phi) is 5.37. The van der Waals surface area contributed by atoms with Crippen LogP contribution in [-0.2, 0) is 4.74 Å². The average Bonchev–Trinajstić information content (AvgIpc) is 2.97. The molecule has 6 heteroatoms. The molecule has 2 saturated heterocycles. The van der Waals surface area contributed by atoms with Gasteiger partial charge in [-0.15, -0.1) is 0 Å². The van der Waals surface area contributed by atoms with Gasteiger partial charge in [0.15, 0.2) is 0 Å². The first-order valence-electron chi connectivity index (χ1n) is 9.10. The maximum absolute atomic E-state index is 12.1. The fourth-order valence-electron chi connectivity index (χ4n) is 3.69. The summed E-state index contributed by atoms with van der Waals surface area (Å²) in [5.41, 5.74) is 0.962. The van der Waals surface area contributed by atoms with E-state index in [0.29, 0.717) is 12.6 Å². The molecule has 2 N–H and O–H groups in total. The molecule has 2 aliphatic rings. The van der Waals surface area contributed by atoms with Crippen LogP contribution >= 0.6 is 0 Å². The van der Waals surface area contributed by atoms with Gasteiger partial charge < -0.3 is 25.0 Å². The molecule has 0 radical (unpaired) electrons. The standard InChI is InChI=1S/C19H29N3O3/c1-14(2)20-18(23)22-9-7-19(8-10-22)12-16(13-25-19)21-15-5-4-6-17(11-15)24-3/h4-6,11,14,16,21H,7-10,12-13H2,1-3H3,(H,20,23)/t16-/m0/s1. The Bertz CT molecular complexity index is 597. The fraction of sp³-hybridized carbons (Fsp3) is 0.632. The molecule has 2 fully saturated rings. The number of carbonyl (C=O) groups excluding carboxylic acids is 1. The van der Waals surface area contributed by atoms with E-state index in [4.69, 9.17) is 9.47 Å². The highest BCUT2D eigenvalue weighted by molar-refractivity contribution is 5.74. The van der Waals surface area contributed by atoms with Crippen LogP contribution in [0.2, 0.25) is 0 Å². The van der Waals surface area contributed by atoms with Crippen LogP contribution in [0.5, 0.6) is 5.75 Å². The molecule has 0 saturated carbocycles. The van der Waals surface area contributed by atoms with E-state index in [-0.39, 0.29) is 17.7 Å². The van der Waals surface area contributed by atoms with Crippen molar-refractivity contribution >= 4 is 11.7 Å². The van der Waals surface area contributed by atoms with E-state index in [2.05, 4.69) is 10.6 Å². The maximum atomic E-state index is 12.1. The van der Waals surface area contributed by atoms with Crippen LogP contribution < -0.4 is 15.4 Å². The van der Waals surface area contributed by atoms with E-state index in [1.165, 1.54) is 0 Å². The second-order valence-electron chi connectivity index (χ2n) is 7.36. The van der Waals surface area contributed by atoms with Gasteiger partial charge in [-0.1, -0.05) is 6.07 Å². The monoisotopic (exact) mass is 347 g/mol. The van der Waals surface area contributed by atoms with Gasteiger partial charge in [0.2, 0.25) is 0 Å². The number of ether oxygens (including phenoxy) is 2. The number of anilines is 1. The van der Waals surface area contributed by atoms with E-state index in [1.807, 2.05) is 43.0 Å². The van der Waals surface area contributed by atoms with Gasteiger partial charge in [0.05, 0.1) is 25.4 Å². The second kappa shape index (κ2) is 7.52. The lowest BCUT2D eigenvalue weighted by atomic mass is 9.87. The zero-order valence-corrected chi connectivity index (χ0v) is 15.4. The Hall–Kier alpha value is -1.95. The minimum absolute atomic E-state index is 0.0360. The molecule has 1 spiro atoms. The Labute approximate surface area is 149 Å². The number of rotatable bonds is 4. The highest BCUT2D eigenvalue weighted by atomic mass is 16.5. The Morgan fingerprint density at radius 1 is 1.36 bits per heavy atom. The van der Waals surface area contributed by atoms with Crippen molar-refractivity contribution < 1.29 is 14.3 Å². The molecule has 0 bridgehead atoms. The minimum Gasteiger partial charge on any atom is -0.497 e. The van der Waals surface area contributed by atoms with Crippen LogP contribution in [0, 0.1) is 0 Å². The first-order chi connectivity index (χ1) is 12.0. The van der Waals surface area contributed by atoms with Crippen LogP contribution in [0.25, 0.3) is 0 Å². The molecule has 0 aromatic heterocycles. The molecule has 1 atom stereocenters. The predicted molar refractivity (Wildman–Crippen MR) is 98.2 cm³/mol. The first-order valence-corrected chi connectivity index (χ1v) is 9.10. The third kappa shape index (κ3) is 4.37. The number of urea groups is 1. The van der Waals surface area contributed by atoms with Gasteiger partial charge in [-0.25, -0.2) is 4.79 Å². The lowest BCUT2D eigenvalue weighted by Gasteiger charge is -2.38. The normalized spacial score (nSPS) is 22.2. The van der Waals surface area contributed by atoms with Crippen LogP contribution in [0.4, 0.5) is 10.5 Å². The summed E-state index contributed by atoms with van der Waals surface area (Å²) >= 11 is 0. The molecule has 2 amide bonds. The van der Waals surface area contributed by atoms with Gasteiger partial charge in [0.1, 0.15) is 5.75 Å². The van der Waals surface area contributed by atoms with E-state index >= 15 is 0 Å². The summed E-state index contributed by atoms with van der Waals surface area (Å²) in [5.74, 6) is 0.850. The van der Waals surface area contributed by atoms with Gasteiger partial charge in [-0.3, -0.25) is 0 Å². The molecule has 0 aliphatic carbocycles. The first kappa shape index (κ1) is 17.9. The van der Waals surface area contributed by atoms with E-state index < -0.39 is 0 Å². The summed E-state index contributed by atoms with van der Waals surface area (Å²) in [6.07, 6.45) is 2.77. The van der Waals surface area contributed by atoms with Crippen molar-refractivity contribution in [3.05, 3.63) is 24.3 Å². The van der Waals surface area contributed by atoms with Crippen LogP contribution in [0.15, 0.2) is 24.3 Å². The SMILES string of the molecule is COc1cccc(N[C@@H]2COC3(CCN(C(=O)NC(C)C)CC3)C2)c1. The Morgan fingerprint density at radius 3 is 2.80 bits per heavy atom. The smallest absolute Gasteiger partial charge is 0.317 e. The quantitative estimate of drug-likeness (QED) is 0.879. The molecule has 6 nitrogen and oxygen atoms in total. The van der Waals surface area contributed by atoms with Crippen LogP contribution in [0.1, 0.15) is 33.1 Å². The van der Waals surface area contributed by atoms with Crippen molar-refractivity contribution in [1.29, 1.82) is 0 Å². The number of methoxy groups -OCH3 is 1. The topological polar surface area (TPSA) is 62.8 Å². The molecule has 25 heavy (non-hydrogen) atoms. The third-order valence-electron chi connectivity index (χ3n) is 5.02. The highest BCUT2D eigenvalue weighted by Gasteiger charge is 2.43. The van der Waals surface area contributed by atoms with Crippen molar-refractivity contribution in [2.75, 3.05) is 32.1 Å². The van der Waals surface area contributed by atoms with Crippen molar-refractivity contribution in [3.8, 4) is 5.75 Å². The second-order valence-corrected chi connectivity index (χ2v) is 7.36. The number of piperidine rings is 1. The number of hydrogen-bond acceptors (Lipinski definition) is 4. The molecule has 3 rings (SSSR count). The van der Waals surface area contributed by atoms with Crippen molar-refractivity contribution in [2.45, 2.75) is 50.8 Å². The zero-order chi connectivity index (χ0) is 17.9. The summed E-state index contributed by atoms with van der Waals surface area (Å²) in [4.78, 5) is 14.0. The summed E-state index contributed by atoms with van der Waals surface area (Å²) in [5, 5.41) is 6.52. The van der Waals surface area contributed by atoms with Crippen molar-refractivity contribution in [2.24, 2.45) is 0 Å². The van der Waals surface area contributed by atoms with Crippen LogP contribution in [-0.4, -0.2) is 55.4 Å². The molecule has 2 heterocycles. The number of amides is 2. The van der Waals surface area contributed by atoms with E-state index in [9.17, 15) is 4.79 Å². The van der Waals surface area contributed by atoms with E-state index in [0.717, 1.165) is 43.8 Å². The molecular weight excluding hydrogens is 318 g/mol. The minimum atomic E-state index is -0.0921.